The second-order valence-electron chi connectivity index (χ2n) is 6.55. The Morgan fingerprint density at radius 3 is 2.65 bits per heavy atom. The van der Waals surface area contributed by atoms with Crippen LogP contribution in [0.1, 0.15) is 12.8 Å². The van der Waals surface area contributed by atoms with E-state index >= 15 is 0 Å². The number of benzene rings is 2. The number of ether oxygens (including phenoxy) is 1. The first-order valence-electron chi connectivity index (χ1n) is 8.47. The molecule has 0 saturated carbocycles. The summed E-state index contributed by atoms with van der Waals surface area (Å²) in [6.07, 6.45) is 1.000. The number of hydrogen-bond donors (Lipinski definition) is 3. The van der Waals surface area contributed by atoms with Gasteiger partial charge in [-0.05, 0) is 55.3 Å². The Kier molecular flexibility index (Phi) is 4.18. The molecule has 2 heterocycles. The average molecular weight is 354 g/mol. The van der Waals surface area contributed by atoms with Crippen LogP contribution < -0.4 is 11.1 Å². The predicted octanol–water partition coefficient (Wildman–Crippen LogP) is 2.82. The molecule has 3 aromatic rings. The fourth-order valence-corrected chi connectivity index (χ4v) is 3.05. The lowest BCUT2D eigenvalue weighted by atomic mass is 9.90. The SMILES string of the molecule is NC1(C(=O)Nc2ccc3nc(-c4ccc(F)cc4)[nH]c3c2)CCOCC1. The van der Waals surface area contributed by atoms with Crippen molar-refractivity contribution in [2.75, 3.05) is 18.5 Å². The highest BCUT2D eigenvalue weighted by Crippen LogP contribution is 2.25. The van der Waals surface area contributed by atoms with Gasteiger partial charge in [-0.2, -0.15) is 0 Å². The molecule has 0 radical (unpaired) electrons. The number of aromatic amines is 1. The molecule has 4 N–H and O–H groups in total. The number of fused-ring (bicyclic) bond motifs is 1. The third-order valence-electron chi connectivity index (χ3n) is 4.69. The summed E-state index contributed by atoms with van der Waals surface area (Å²) in [7, 11) is 0. The van der Waals surface area contributed by atoms with Gasteiger partial charge in [-0.25, -0.2) is 9.37 Å². The number of nitrogens with two attached hydrogens (primary N) is 1. The van der Waals surface area contributed by atoms with Crippen molar-refractivity contribution in [3.63, 3.8) is 0 Å². The molecule has 1 fully saturated rings. The van der Waals surface area contributed by atoms with Gasteiger partial charge >= 0.3 is 0 Å². The largest absolute Gasteiger partial charge is 0.381 e. The summed E-state index contributed by atoms with van der Waals surface area (Å²) in [6, 6.07) is 11.5. The van der Waals surface area contributed by atoms with Gasteiger partial charge in [-0.1, -0.05) is 0 Å². The maximum absolute atomic E-state index is 13.1. The van der Waals surface area contributed by atoms with Crippen LogP contribution in [-0.4, -0.2) is 34.6 Å². The summed E-state index contributed by atoms with van der Waals surface area (Å²) in [5.74, 6) is 0.139. The minimum Gasteiger partial charge on any atom is -0.381 e. The Morgan fingerprint density at radius 2 is 1.92 bits per heavy atom. The Hall–Kier alpha value is -2.77. The summed E-state index contributed by atoms with van der Waals surface area (Å²) >= 11 is 0. The second-order valence-corrected chi connectivity index (χ2v) is 6.55. The highest BCUT2D eigenvalue weighted by atomic mass is 19.1. The van der Waals surface area contributed by atoms with E-state index in [1.54, 1.807) is 18.2 Å². The third kappa shape index (κ3) is 3.18. The van der Waals surface area contributed by atoms with Crippen LogP contribution in [0.5, 0.6) is 0 Å². The van der Waals surface area contributed by atoms with Crippen LogP contribution in [0.2, 0.25) is 0 Å². The van der Waals surface area contributed by atoms with Gasteiger partial charge in [0.25, 0.3) is 0 Å². The number of nitrogens with one attached hydrogen (secondary N) is 2. The topological polar surface area (TPSA) is 93.0 Å². The van der Waals surface area contributed by atoms with Crippen molar-refractivity contribution in [1.82, 2.24) is 9.97 Å². The number of halogens is 1. The number of amides is 1. The lowest BCUT2D eigenvalue weighted by Crippen LogP contribution is -2.54. The van der Waals surface area contributed by atoms with E-state index < -0.39 is 5.54 Å². The Bertz CT molecular complexity index is 946. The minimum absolute atomic E-state index is 0.210. The van der Waals surface area contributed by atoms with Crippen LogP contribution in [0.25, 0.3) is 22.4 Å². The van der Waals surface area contributed by atoms with E-state index in [1.807, 2.05) is 12.1 Å². The molecule has 1 aromatic heterocycles. The normalized spacial score (nSPS) is 16.5. The molecule has 2 aromatic carbocycles. The Labute approximate surface area is 149 Å². The first-order chi connectivity index (χ1) is 12.5. The molecule has 134 valence electrons. The highest BCUT2D eigenvalue weighted by Gasteiger charge is 2.35. The Morgan fingerprint density at radius 1 is 1.19 bits per heavy atom. The zero-order valence-electron chi connectivity index (χ0n) is 14.1. The number of nitrogens with zero attached hydrogens (tertiary/aromatic N) is 1. The van der Waals surface area contributed by atoms with Crippen molar-refractivity contribution < 1.29 is 13.9 Å². The molecular weight excluding hydrogens is 335 g/mol. The summed E-state index contributed by atoms with van der Waals surface area (Å²) in [4.78, 5) is 20.2. The standard InChI is InChI=1S/C19H19FN4O2/c20-13-3-1-12(2-4-13)17-23-15-6-5-14(11-16(15)24-17)22-18(25)19(21)7-9-26-10-8-19/h1-6,11H,7-10,21H2,(H,22,25)(H,23,24). The average Bonchev–Trinajstić information content (AvgIpc) is 3.06. The summed E-state index contributed by atoms with van der Waals surface area (Å²) in [5, 5.41) is 2.88. The van der Waals surface area contributed by atoms with Gasteiger partial charge in [0.1, 0.15) is 17.2 Å². The van der Waals surface area contributed by atoms with E-state index in [1.165, 1.54) is 12.1 Å². The van der Waals surface area contributed by atoms with E-state index in [2.05, 4.69) is 15.3 Å². The molecule has 1 amide bonds. The highest BCUT2D eigenvalue weighted by molar-refractivity contribution is 5.99. The molecule has 0 spiro atoms. The van der Waals surface area contributed by atoms with E-state index in [9.17, 15) is 9.18 Å². The number of rotatable bonds is 3. The number of H-pyrrole nitrogens is 1. The summed E-state index contributed by atoms with van der Waals surface area (Å²) in [6.45, 7) is 0.981. The molecule has 6 nitrogen and oxygen atoms in total. The summed E-state index contributed by atoms with van der Waals surface area (Å²) < 4.78 is 18.4. The van der Waals surface area contributed by atoms with Gasteiger partial charge in [0, 0.05) is 24.5 Å². The van der Waals surface area contributed by atoms with E-state index in [4.69, 9.17) is 10.5 Å². The molecule has 1 aliphatic heterocycles. The Balaban J connectivity index is 1.57. The minimum atomic E-state index is -0.902. The lowest BCUT2D eigenvalue weighted by molar-refractivity contribution is -0.124. The number of anilines is 1. The molecule has 1 saturated heterocycles. The van der Waals surface area contributed by atoms with Crippen molar-refractivity contribution in [2.24, 2.45) is 5.73 Å². The summed E-state index contributed by atoms with van der Waals surface area (Å²) in [5.41, 5.74) is 8.28. The molecule has 0 aliphatic carbocycles. The van der Waals surface area contributed by atoms with E-state index in [0.29, 0.717) is 37.6 Å². The quantitative estimate of drug-likeness (QED) is 0.674. The van der Waals surface area contributed by atoms with Gasteiger partial charge in [0.15, 0.2) is 0 Å². The fraction of sp³-hybridized carbons (Fsp3) is 0.263. The predicted molar refractivity (Wildman–Crippen MR) is 97.1 cm³/mol. The van der Waals surface area contributed by atoms with E-state index in [-0.39, 0.29) is 11.7 Å². The van der Waals surface area contributed by atoms with Crippen molar-refractivity contribution in [2.45, 2.75) is 18.4 Å². The molecule has 0 bridgehead atoms. The van der Waals surface area contributed by atoms with Crippen LogP contribution in [0.3, 0.4) is 0 Å². The number of carbonyl (C=O) groups is 1. The van der Waals surface area contributed by atoms with Crippen molar-refractivity contribution in [1.29, 1.82) is 0 Å². The van der Waals surface area contributed by atoms with Crippen molar-refractivity contribution in [3.05, 3.63) is 48.3 Å². The number of imidazole rings is 1. The lowest BCUT2D eigenvalue weighted by Gasteiger charge is -2.31. The molecule has 0 unspecified atom stereocenters. The maximum Gasteiger partial charge on any atom is 0.244 e. The van der Waals surface area contributed by atoms with Crippen LogP contribution in [-0.2, 0) is 9.53 Å². The first kappa shape index (κ1) is 16.7. The van der Waals surface area contributed by atoms with Crippen LogP contribution in [0.15, 0.2) is 42.5 Å². The van der Waals surface area contributed by atoms with Gasteiger partial charge < -0.3 is 20.8 Å². The second kappa shape index (κ2) is 6.51. The van der Waals surface area contributed by atoms with Gasteiger partial charge in [0.05, 0.1) is 11.0 Å². The van der Waals surface area contributed by atoms with Gasteiger partial charge in [-0.3, -0.25) is 4.79 Å². The molecular formula is C19H19FN4O2. The molecule has 0 atom stereocenters. The zero-order valence-corrected chi connectivity index (χ0v) is 14.1. The maximum atomic E-state index is 13.1. The first-order valence-corrected chi connectivity index (χ1v) is 8.47. The number of aromatic nitrogens is 2. The monoisotopic (exact) mass is 354 g/mol. The van der Waals surface area contributed by atoms with Crippen LogP contribution in [0, 0.1) is 5.82 Å². The smallest absolute Gasteiger partial charge is 0.244 e. The molecule has 4 rings (SSSR count). The van der Waals surface area contributed by atoms with Crippen LogP contribution >= 0.6 is 0 Å². The molecule has 26 heavy (non-hydrogen) atoms. The fourth-order valence-electron chi connectivity index (χ4n) is 3.05. The van der Waals surface area contributed by atoms with Gasteiger partial charge in [-0.15, -0.1) is 0 Å². The van der Waals surface area contributed by atoms with Gasteiger partial charge in [0.2, 0.25) is 5.91 Å². The van der Waals surface area contributed by atoms with Crippen molar-refractivity contribution in [3.8, 4) is 11.4 Å². The number of hydrogen-bond acceptors (Lipinski definition) is 4. The van der Waals surface area contributed by atoms with Crippen molar-refractivity contribution >= 4 is 22.6 Å². The zero-order chi connectivity index (χ0) is 18.1. The number of carbonyl (C=O) groups excluding carboxylic acids is 1. The molecule has 1 aliphatic rings. The molecule has 7 heteroatoms. The third-order valence-corrected chi connectivity index (χ3v) is 4.69. The van der Waals surface area contributed by atoms with E-state index in [0.717, 1.165) is 16.6 Å². The van der Waals surface area contributed by atoms with Crippen LogP contribution in [0.4, 0.5) is 10.1 Å².